The minimum Gasteiger partial charge on any atom is -0.201 e. The summed E-state index contributed by atoms with van der Waals surface area (Å²) in [6, 6.07) is 0. The topological polar surface area (TPSA) is 0 Å². The van der Waals surface area contributed by atoms with E-state index >= 15 is 0 Å². The molecule has 0 rings (SSSR count). The van der Waals surface area contributed by atoms with Crippen molar-refractivity contribution in [2.45, 2.75) is 0 Å². The standard InChI is InChI=1S/C4H2BrF3/c5-2-1-3(6)4(7)8/h1-2H. The summed E-state index contributed by atoms with van der Waals surface area (Å²) in [5, 5.41) is 0. The molecule has 0 fully saturated rings. The van der Waals surface area contributed by atoms with E-state index in [2.05, 4.69) is 15.9 Å². The molecule has 0 bridgehead atoms. The van der Waals surface area contributed by atoms with Crippen molar-refractivity contribution in [2.24, 2.45) is 0 Å². The Hall–Kier alpha value is -0.250. The van der Waals surface area contributed by atoms with Crippen LogP contribution in [0, 0.1) is 0 Å². The molecular weight excluding hydrogens is 185 g/mol. The lowest BCUT2D eigenvalue weighted by atomic mass is 10.6. The van der Waals surface area contributed by atoms with Crippen LogP contribution in [0.1, 0.15) is 0 Å². The predicted molar refractivity (Wildman–Crippen MR) is 28.4 cm³/mol. The second kappa shape index (κ2) is 3.72. The molecule has 0 saturated carbocycles. The average molecular weight is 187 g/mol. The zero-order valence-electron chi connectivity index (χ0n) is 3.67. The van der Waals surface area contributed by atoms with Crippen LogP contribution < -0.4 is 0 Å². The summed E-state index contributed by atoms with van der Waals surface area (Å²) >= 11 is 2.63. The van der Waals surface area contributed by atoms with Crippen LogP contribution in [0.5, 0.6) is 0 Å². The van der Waals surface area contributed by atoms with E-state index in [4.69, 9.17) is 0 Å². The van der Waals surface area contributed by atoms with E-state index in [1.165, 1.54) is 0 Å². The first-order chi connectivity index (χ1) is 3.68. The van der Waals surface area contributed by atoms with Gasteiger partial charge in [0.25, 0.3) is 0 Å². The van der Waals surface area contributed by atoms with Gasteiger partial charge in [0.2, 0.25) is 0 Å². The third-order valence-corrected chi connectivity index (χ3v) is 0.654. The largest absolute Gasteiger partial charge is 0.305 e. The molecule has 8 heavy (non-hydrogen) atoms. The van der Waals surface area contributed by atoms with E-state index in [1.807, 2.05) is 0 Å². The van der Waals surface area contributed by atoms with Crippen molar-refractivity contribution >= 4 is 15.9 Å². The first-order valence-corrected chi connectivity index (χ1v) is 2.57. The van der Waals surface area contributed by atoms with Gasteiger partial charge in [0.1, 0.15) is 0 Å². The maximum atomic E-state index is 11.5. The molecule has 0 aromatic carbocycles. The van der Waals surface area contributed by atoms with Gasteiger partial charge in [-0.3, -0.25) is 0 Å². The van der Waals surface area contributed by atoms with Crippen LogP contribution in [0.4, 0.5) is 13.2 Å². The van der Waals surface area contributed by atoms with Gasteiger partial charge in [0.05, 0.1) is 0 Å². The summed E-state index contributed by atoms with van der Waals surface area (Å²) in [5.74, 6) is -1.51. The van der Waals surface area contributed by atoms with Crippen molar-refractivity contribution in [2.75, 3.05) is 0 Å². The zero-order chi connectivity index (χ0) is 6.57. The molecule has 0 aliphatic heterocycles. The molecule has 0 aromatic rings. The van der Waals surface area contributed by atoms with Gasteiger partial charge in [-0.05, 0) is 11.1 Å². The van der Waals surface area contributed by atoms with Gasteiger partial charge in [-0.2, -0.15) is 8.78 Å². The highest BCUT2D eigenvalue weighted by molar-refractivity contribution is 9.11. The third-order valence-electron chi connectivity index (χ3n) is 0.390. The molecule has 0 aliphatic carbocycles. The Balaban J connectivity index is 4.00. The molecule has 0 aromatic heterocycles. The van der Waals surface area contributed by atoms with Crippen LogP contribution >= 0.6 is 15.9 Å². The van der Waals surface area contributed by atoms with Crippen molar-refractivity contribution in [1.82, 2.24) is 0 Å². The Morgan fingerprint density at radius 3 is 1.88 bits per heavy atom. The summed E-state index contributed by atoms with van der Waals surface area (Å²) in [4.78, 5) is 1.02. The maximum absolute atomic E-state index is 11.5. The van der Waals surface area contributed by atoms with Crippen LogP contribution in [0.2, 0.25) is 0 Å². The number of hydrogen-bond donors (Lipinski definition) is 0. The van der Waals surface area contributed by atoms with Crippen LogP contribution in [-0.4, -0.2) is 0 Å². The van der Waals surface area contributed by atoms with Gasteiger partial charge in [0, 0.05) is 0 Å². The van der Waals surface area contributed by atoms with Crippen molar-refractivity contribution in [3.05, 3.63) is 23.0 Å². The molecule has 0 nitrogen and oxygen atoms in total. The number of rotatable bonds is 1. The normalized spacial score (nSPS) is 10.0. The fourth-order valence-corrected chi connectivity index (χ4v) is 0.350. The fraction of sp³-hybridized carbons (Fsp3) is 0. The second-order valence-electron chi connectivity index (χ2n) is 0.901. The molecular formula is C4H2BrF3. The third kappa shape index (κ3) is 2.85. The maximum Gasteiger partial charge on any atom is 0.305 e. The van der Waals surface area contributed by atoms with Crippen molar-refractivity contribution in [3.8, 4) is 0 Å². The smallest absolute Gasteiger partial charge is 0.201 e. The van der Waals surface area contributed by atoms with E-state index in [-0.39, 0.29) is 0 Å². The minimum absolute atomic E-state index is 0.620. The summed E-state index contributed by atoms with van der Waals surface area (Å²) < 4.78 is 33.6. The van der Waals surface area contributed by atoms with E-state index in [1.54, 1.807) is 0 Å². The van der Waals surface area contributed by atoms with Crippen molar-refractivity contribution in [1.29, 1.82) is 0 Å². The molecule has 0 spiro atoms. The Morgan fingerprint density at radius 1 is 1.25 bits per heavy atom. The highest BCUT2D eigenvalue weighted by Crippen LogP contribution is 2.10. The van der Waals surface area contributed by atoms with Crippen molar-refractivity contribution < 1.29 is 13.2 Å². The van der Waals surface area contributed by atoms with Crippen LogP contribution in [0.25, 0.3) is 0 Å². The van der Waals surface area contributed by atoms with E-state index in [0.717, 1.165) is 4.99 Å². The molecule has 0 atom stereocenters. The molecule has 4 heteroatoms. The highest BCUT2D eigenvalue weighted by Gasteiger charge is 1.96. The zero-order valence-corrected chi connectivity index (χ0v) is 5.25. The fourth-order valence-electron chi connectivity index (χ4n) is 0.118. The molecule has 0 aliphatic rings. The Bertz CT molecular complexity index is 123. The lowest BCUT2D eigenvalue weighted by molar-refractivity contribution is 0.387. The van der Waals surface area contributed by atoms with E-state index in [9.17, 15) is 13.2 Å². The number of halogens is 4. The first kappa shape index (κ1) is 7.75. The molecule has 0 N–H and O–H groups in total. The lowest BCUT2D eigenvalue weighted by Crippen LogP contribution is -1.64. The number of hydrogen-bond acceptors (Lipinski definition) is 0. The quantitative estimate of drug-likeness (QED) is 0.553. The second-order valence-corrected chi connectivity index (χ2v) is 1.43. The van der Waals surface area contributed by atoms with Gasteiger partial charge in [-0.15, -0.1) is 0 Å². The summed E-state index contributed by atoms with van der Waals surface area (Å²) in [6.45, 7) is 0. The van der Waals surface area contributed by atoms with Gasteiger partial charge < -0.3 is 0 Å². The summed E-state index contributed by atoms with van der Waals surface area (Å²) in [6.07, 6.45) is -1.68. The molecule has 0 amide bonds. The molecule has 0 unspecified atom stereocenters. The van der Waals surface area contributed by atoms with E-state index < -0.39 is 11.9 Å². The highest BCUT2D eigenvalue weighted by atomic mass is 79.9. The molecule has 0 saturated heterocycles. The SMILES string of the molecule is FC(F)=C(F)C=CBr. The van der Waals surface area contributed by atoms with Gasteiger partial charge in [-0.25, -0.2) is 4.39 Å². The average Bonchev–Trinajstić information content (AvgIpc) is 1.67. The van der Waals surface area contributed by atoms with Gasteiger partial charge in [0.15, 0.2) is 5.83 Å². The monoisotopic (exact) mass is 186 g/mol. The Morgan fingerprint density at radius 2 is 1.75 bits per heavy atom. The van der Waals surface area contributed by atoms with Crippen LogP contribution in [0.3, 0.4) is 0 Å². The minimum atomic E-state index is -2.30. The van der Waals surface area contributed by atoms with Gasteiger partial charge in [-0.1, -0.05) is 15.9 Å². The Kier molecular flexibility index (Phi) is 3.60. The molecule has 0 heterocycles. The van der Waals surface area contributed by atoms with Crippen LogP contribution in [-0.2, 0) is 0 Å². The van der Waals surface area contributed by atoms with Crippen molar-refractivity contribution in [3.63, 3.8) is 0 Å². The molecule has 0 radical (unpaired) electrons. The lowest BCUT2D eigenvalue weighted by Gasteiger charge is -1.78. The molecule has 46 valence electrons. The summed E-state index contributed by atoms with van der Waals surface area (Å²) in [5.41, 5.74) is 0. The predicted octanol–water partition coefficient (Wildman–Crippen LogP) is 2.97. The number of allylic oxidation sites excluding steroid dienone is 2. The summed E-state index contributed by atoms with van der Waals surface area (Å²) in [7, 11) is 0. The Labute approximate surface area is 52.8 Å². The van der Waals surface area contributed by atoms with Crippen LogP contribution in [0.15, 0.2) is 23.0 Å². The van der Waals surface area contributed by atoms with Gasteiger partial charge >= 0.3 is 6.08 Å². The van der Waals surface area contributed by atoms with E-state index in [0.29, 0.717) is 6.08 Å². The first-order valence-electron chi connectivity index (χ1n) is 1.66.